The Morgan fingerprint density at radius 1 is 1.19 bits per heavy atom. The first-order chi connectivity index (χ1) is 10.1. The van der Waals surface area contributed by atoms with E-state index >= 15 is 0 Å². The minimum absolute atomic E-state index is 0.118. The number of aliphatic hydroxyl groups excluding tert-OH is 1. The lowest BCUT2D eigenvalue weighted by molar-refractivity contribution is 0.0215. The Kier molecular flexibility index (Phi) is 3.27. The van der Waals surface area contributed by atoms with Crippen LogP contribution in [0, 0.1) is 0 Å². The number of Topliss-reactive ketones (excluding diaryl/α,β-unsaturated/α-hetero) is 1. The largest absolute Gasteiger partial charge is 0.504 e. The Hall–Kier alpha value is -2.53. The Balaban J connectivity index is 2.06. The van der Waals surface area contributed by atoms with Gasteiger partial charge in [0.15, 0.2) is 29.5 Å². The highest BCUT2D eigenvalue weighted by Gasteiger charge is 2.37. The van der Waals surface area contributed by atoms with Crippen molar-refractivity contribution in [2.24, 2.45) is 0 Å². The van der Waals surface area contributed by atoms with Gasteiger partial charge in [0.2, 0.25) is 0 Å². The van der Waals surface area contributed by atoms with Gasteiger partial charge in [-0.2, -0.15) is 0 Å². The summed E-state index contributed by atoms with van der Waals surface area (Å²) < 4.78 is 10.7. The lowest BCUT2D eigenvalue weighted by atomic mass is 9.93. The number of aliphatic hydroxyl groups is 1. The number of phenolic OH excluding ortho intramolecular Hbond substituents is 1. The molecule has 1 aliphatic heterocycles. The van der Waals surface area contributed by atoms with E-state index in [1.165, 1.54) is 19.2 Å². The third kappa shape index (κ3) is 2.21. The second-order valence-electron chi connectivity index (χ2n) is 4.78. The van der Waals surface area contributed by atoms with E-state index < -0.39 is 18.0 Å². The van der Waals surface area contributed by atoms with E-state index in [0.29, 0.717) is 5.56 Å². The number of methoxy groups -OCH3 is 1. The van der Waals surface area contributed by atoms with Crippen LogP contribution in [-0.2, 0) is 0 Å². The maximum absolute atomic E-state index is 12.3. The first-order valence-corrected chi connectivity index (χ1v) is 6.46. The summed E-state index contributed by atoms with van der Waals surface area (Å²) in [6.45, 7) is 0. The van der Waals surface area contributed by atoms with Gasteiger partial charge in [-0.15, -0.1) is 0 Å². The molecule has 21 heavy (non-hydrogen) atoms. The van der Waals surface area contributed by atoms with E-state index in [-0.39, 0.29) is 22.8 Å². The van der Waals surface area contributed by atoms with E-state index in [1.807, 2.05) is 6.07 Å². The van der Waals surface area contributed by atoms with Crippen LogP contribution in [0.5, 0.6) is 17.2 Å². The zero-order valence-electron chi connectivity index (χ0n) is 11.3. The van der Waals surface area contributed by atoms with Gasteiger partial charge in [-0.3, -0.25) is 4.79 Å². The molecule has 2 N–H and O–H groups in total. The van der Waals surface area contributed by atoms with Gasteiger partial charge in [0.1, 0.15) is 5.75 Å². The Labute approximate surface area is 121 Å². The number of carbonyl (C=O) groups is 1. The molecule has 0 radical (unpaired) electrons. The molecule has 108 valence electrons. The van der Waals surface area contributed by atoms with E-state index in [2.05, 4.69) is 0 Å². The van der Waals surface area contributed by atoms with Crippen LogP contribution in [0.1, 0.15) is 22.0 Å². The molecule has 0 fully saturated rings. The molecule has 2 atom stereocenters. The van der Waals surface area contributed by atoms with Crippen molar-refractivity contribution in [3.63, 3.8) is 0 Å². The number of hydrogen-bond acceptors (Lipinski definition) is 5. The molecular weight excluding hydrogens is 272 g/mol. The summed E-state index contributed by atoms with van der Waals surface area (Å²) >= 11 is 0. The number of carbonyl (C=O) groups excluding carboxylic acids is 1. The number of aromatic hydroxyl groups is 1. The van der Waals surface area contributed by atoms with Gasteiger partial charge < -0.3 is 19.7 Å². The number of rotatable bonds is 2. The molecule has 0 bridgehead atoms. The van der Waals surface area contributed by atoms with E-state index in [9.17, 15) is 15.0 Å². The van der Waals surface area contributed by atoms with Crippen LogP contribution in [0.25, 0.3) is 0 Å². The van der Waals surface area contributed by atoms with Crippen molar-refractivity contribution < 1.29 is 24.5 Å². The van der Waals surface area contributed by atoms with Crippen LogP contribution >= 0.6 is 0 Å². The first kappa shape index (κ1) is 13.5. The van der Waals surface area contributed by atoms with Crippen LogP contribution in [0.3, 0.4) is 0 Å². The van der Waals surface area contributed by atoms with Gasteiger partial charge in [0.05, 0.1) is 12.7 Å². The third-order valence-electron chi connectivity index (χ3n) is 3.48. The highest BCUT2D eigenvalue weighted by molar-refractivity contribution is 6.03. The van der Waals surface area contributed by atoms with Crippen molar-refractivity contribution in [2.75, 3.05) is 7.11 Å². The molecule has 5 nitrogen and oxygen atoms in total. The molecule has 0 aliphatic carbocycles. The smallest absolute Gasteiger partial charge is 0.199 e. The van der Waals surface area contributed by atoms with Crippen molar-refractivity contribution >= 4 is 5.78 Å². The van der Waals surface area contributed by atoms with Crippen molar-refractivity contribution in [1.82, 2.24) is 0 Å². The van der Waals surface area contributed by atoms with Gasteiger partial charge >= 0.3 is 0 Å². The number of benzene rings is 2. The molecule has 1 heterocycles. The Bertz CT molecular complexity index is 681. The van der Waals surface area contributed by atoms with Gasteiger partial charge in [0, 0.05) is 6.07 Å². The maximum atomic E-state index is 12.3. The van der Waals surface area contributed by atoms with Crippen LogP contribution in [0.15, 0.2) is 42.5 Å². The normalized spacial score (nSPS) is 20.6. The zero-order valence-corrected chi connectivity index (χ0v) is 11.3. The SMILES string of the molecule is COc1cc2c(cc1O)O[C@@H](c1ccccc1)[C@@H](O)C2=O. The molecule has 1 aliphatic rings. The summed E-state index contributed by atoms with van der Waals surface area (Å²) in [5, 5.41) is 20.0. The average molecular weight is 286 g/mol. The first-order valence-electron chi connectivity index (χ1n) is 6.46. The van der Waals surface area contributed by atoms with Crippen molar-refractivity contribution in [2.45, 2.75) is 12.2 Å². The molecule has 5 heteroatoms. The predicted octanol–water partition coefficient (Wildman–Crippen LogP) is 2.08. The number of ketones is 1. The number of fused-ring (bicyclic) bond motifs is 1. The van der Waals surface area contributed by atoms with Crippen LogP contribution in [-0.4, -0.2) is 29.2 Å². The molecule has 3 rings (SSSR count). The highest BCUT2D eigenvalue weighted by Crippen LogP contribution is 2.41. The molecule has 2 aromatic rings. The Morgan fingerprint density at radius 3 is 2.57 bits per heavy atom. The standard InChI is InChI=1S/C16H14O5/c1-20-13-7-10-12(8-11(13)17)21-16(15(19)14(10)18)9-5-3-2-4-6-9/h2-8,15-17,19H,1H3/t15-,16-/m0/s1. The molecular formula is C16H14O5. The molecule has 0 amide bonds. The van der Waals surface area contributed by atoms with E-state index in [4.69, 9.17) is 9.47 Å². The monoisotopic (exact) mass is 286 g/mol. The third-order valence-corrected chi connectivity index (χ3v) is 3.48. The summed E-state index contributed by atoms with van der Waals surface area (Å²) in [4.78, 5) is 12.3. The molecule has 2 aromatic carbocycles. The quantitative estimate of drug-likeness (QED) is 0.884. The molecule has 0 aromatic heterocycles. The summed E-state index contributed by atoms with van der Waals surface area (Å²) in [6.07, 6.45) is -2.09. The van der Waals surface area contributed by atoms with Gasteiger partial charge in [-0.1, -0.05) is 30.3 Å². The van der Waals surface area contributed by atoms with Crippen LogP contribution in [0.2, 0.25) is 0 Å². The predicted molar refractivity (Wildman–Crippen MR) is 74.8 cm³/mol. The van der Waals surface area contributed by atoms with Crippen molar-refractivity contribution in [3.05, 3.63) is 53.6 Å². The summed E-state index contributed by atoms with van der Waals surface area (Å²) in [7, 11) is 1.39. The maximum Gasteiger partial charge on any atom is 0.199 e. The number of ether oxygens (including phenoxy) is 2. The number of phenols is 1. The highest BCUT2D eigenvalue weighted by atomic mass is 16.5. The fraction of sp³-hybridized carbons (Fsp3) is 0.188. The van der Waals surface area contributed by atoms with E-state index in [0.717, 1.165) is 0 Å². The molecule has 0 saturated heterocycles. The second kappa shape index (κ2) is 5.10. The van der Waals surface area contributed by atoms with Crippen LogP contribution < -0.4 is 9.47 Å². The second-order valence-corrected chi connectivity index (χ2v) is 4.78. The topological polar surface area (TPSA) is 76.0 Å². The average Bonchev–Trinajstić information content (AvgIpc) is 2.51. The van der Waals surface area contributed by atoms with Crippen LogP contribution in [0.4, 0.5) is 0 Å². The Morgan fingerprint density at radius 2 is 1.90 bits per heavy atom. The van der Waals surface area contributed by atoms with Crippen molar-refractivity contribution in [1.29, 1.82) is 0 Å². The van der Waals surface area contributed by atoms with Gasteiger partial charge in [-0.25, -0.2) is 0 Å². The fourth-order valence-electron chi connectivity index (χ4n) is 2.39. The van der Waals surface area contributed by atoms with Crippen molar-refractivity contribution in [3.8, 4) is 17.2 Å². The minimum atomic E-state index is -1.30. The zero-order chi connectivity index (χ0) is 15.0. The van der Waals surface area contributed by atoms with Gasteiger partial charge in [-0.05, 0) is 11.6 Å². The molecule has 0 saturated carbocycles. The lowest BCUT2D eigenvalue weighted by Crippen LogP contribution is -2.36. The summed E-state index contributed by atoms with van der Waals surface area (Å²) in [6, 6.07) is 11.7. The number of hydrogen-bond donors (Lipinski definition) is 2. The summed E-state index contributed by atoms with van der Waals surface area (Å²) in [5.74, 6) is -0.177. The summed E-state index contributed by atoms with van der Waals surface area (Å²) in [5.41, 5.74) is 0.892. The molecule has 0 unspecified atom stereocenters. The molecule has 0 spiro atoms. The lowest BCUT2D eigenvalue weighted by Gasteiger charge is -2.30. The minimum Gasteiger partial charge on any atom is -0.504 e. The van der Waals surface area contributed by atoms with E-state index in [1.54, 1.807) is 24.3 Å². The fourth-order valence-corrected chi connectivity index (χ4v) is 2.39. The van der Waals surface area contributed by atoms with Gasteiger partial charge in [0.25, 0.3) is 0 Å².